The number of allylic oxidation sites excluding steroid dienone is 1. The van der Waals surface area contributed by atoms with Gasteiger partial charge in [-0.05, 0) is 116 Å². The van der Waals surface area contributed by atoms with Crippen LogP contribution in [0.4, 0.5) is 0 Å². The fourth-order valence-corrected chi connectivity index (χ4v) is 10.7. The van der Waals surface area contributed by atoms with E-state index in [9.17, 15) is 4.79 Å². The van der Waals surface area contributed by atoms with Gasteiger partial charge in [-0.2, -0.15) is 0 Å². The Morgan fingerprint density at radius 3 is 2.42 bits per heavy atom. The number of aromatic nitrogens is 1. The third kappa shape index (κ3) is 8.36. The number of carbonyl (C=O) groups is 1. The van der Waals surface area contributed by atoms with E-state index < -0.39 is 0 Å². The molecule has 0 saturated heterocycles. The van der Waals surface area contributed by atoms with Crippen molar-refractivity contribution in [1.29, 1.82) is 0 Å². The highest BCUT2D eigenvalue weighted by molar-refractivity contribution is 5.69. The standard InChI is InChI=1S/C41H65NO3/c1-30(2)13-12-14-31(3)36-18-19-37-35-17-16-32-29-34(20-24-40(32,4)38(35)21-25-41(36,37)5)45-39(43)15-10-8-6-7-9-11-28-44-33-22-26-42-27-23-33/h16,22-23,26-27,30-31,34-38H,6-15,17-21,24-25,28-29H2,1-5H3/t31-,34?,35+,36-,37+,38+,40+,41-/m1/s1. The van der Waals surface area contributed by atoms with Gasteiger partial charge in [0, 0.05) is 25.2 Å². The van der Waals surface area contributed by atoms with Crippen LogP contribution < -0.4 is 4.74 Å². The molecule has 1 aromatic heterocycles. The summed E-state index contributed by atoms with van der Waals surface area (Å²) in [5.74, 6) is 6.12. The van der Waals surface area contributed by atoms with Gasteiger partial charge in [0.1, 0.15) is 11.9 Å². The first-order chi connectivity index (χ1) is 21.7. The Bertz CT molecular complexity index is 1100. The van der Waals surface area contributed by atoms with Crippen LogP contribution in [0.5, 0.6) is 5.75 Å². The molecule has 0 aromatic carbocycles. The second-order valence-corrected chi connectivity index (χ2v) is 16.5. The average Bonchev–Trinajstić information content (AvgIpc) is 3.38. The molecule has 45 heavy (non-hydrogen) atoms. The van der Waals surface area contributed by atoms with E-state index in [1.807, 2.05) is 12.1 Å². The molecule has 4 aliphatic rings. The van der Waals surface area contributed by atoms with Gasteiger partial charge in [-0.3, -0.25) is 9.78 Å². The van der Waals surface area contributed by atoms with Crippen molar-refractivity contribution in [3.63, 3.8) is 0 Å². The van der Waals surface area contributed by atoms with Gasteiger partial charge >= 0.3 is 5.97 Å². The monoisotopic (exact) mass is 619 g/mol. The molecule has 5 rings (SSSR count). The first kappa shape index (κ1) is 34.5. The van der Waals surface area contributed by atoms with E-state index in [4.69, 9.17) is 9.47 Å². The topological polar surface area (TPSA) is 48.4 Å². The molecular weight excluding hydrogens is 554 g/mol. The zero-order valence-corrected chi connectivity index (χ0v) is 29.5. The Kier molecular flexibility index (Phi) is 12.1. The molecule has 0 aliphatic heterocycles. The smallest absolute Gasteiger partial charge is 0.306 e. The van der Waals surface area contributed by atoms with Crippen LogP contribution >= 0.6 is 0 Å². The Hall–Kier alpha value is -1.84. The molecule has 252 valence electrons. The normalized spacial score (nSPS) is 33.1. The number of ether oxygens (including phenoxy) is 2. The predicted molar refractivity (Wildman–Crippen MR) is 185 cm³/mol. The van der Waals surface area contributed by atoms with Crippen LogP contribution in [0.3, 0.4) is 0 Å². The zero-order valence-electron chi connectivity index (χ0n) is 29.5. The summed E-state index contributed by atoms with van der Waals surface area (Å²) in [5.41, 5.74) is 2.49. The summed E-state index contributed by atoms with van der Waals surface area (Å²) in [6.45, 7) is 13.4. The summed E-state index contributed by atoms with van der Waals surface area (Å²) in [7, 11) is 0. The zero-order chi connectivity index (χ0) is 31.9. The van der Waals surface area contributed by atoms with Gasteiger partial charge < -0.3 is 9.47 Å². The molecule has 1 unspecified atom stereocenters. The molecule has 0 N–H and O–H groups in total. The van der Waals surface area contributed by atoms with E-state index in [0.717, 1.165) is 80.0 Å². The number of esters is 1. The van der Waals surface area contributed by atoms with E-state index in [1.54, 1.807) is 18.0 Å². The predicted octanol–water partition coefficient (Wildman–Crippen LogP) is 11.1. The maximum absolute atomic E-state index is 12.8. The number of hydrogen-bond donors (Lipinski definition) is 0. The fraction of sp³-hybridized carbons (Fsp3) is 0.805. The van der Waals surface area contributed by atoms with Crippen molar-refractivity contribution < 1.29 is 14.3 Å². The van der Waals surface area contributed by atoms with E-state index in [2.05, 4.69) is 45.7 Å². The molecule has 0 spiro atoms. The Morgan fingerprint density at radius 2 is 1.64 bits per heavy atom. The van der Waals surface area contributed by atoms with Crippen molar-refractivity contribution in [3.05, 3.63) is 36.2 Å². The van der Waals surface area contributed by atoms with Gasteiger partial charge in [0.05, 0.1) is 6.61 Å². The first-order valence-electron chi connectivity index (χ1n) is 19.1. The first-order valence-corrected chi connectivity index (χ1v) is 19.1. The van der Waals surface area contributed by atoms with Gasteiger partial charge in [-0.25, -0.2) is 0 Å². The molecule has 8 atom stereocenters. The summed E-state index contributed by atoms with van der Waals surface area (Å²) in [4.78, 5) is 16.8. The molecule has 0 amide bonds. The van der Waals surface area contributed by atoms with E-state index >= 15 is 0 Å². The third-order valence-electron chi connectivity index (χ3n) is 13.3. The molecule has 0 bridgehead atoms. The van der Waals surface area contributed by atoms with Crippen molar-refractivity contribution >= 4 is 5.97 Å². The van der Waals surface area contributed by atoms with Crippen molar-refractivity contribution in [2.24, 2.45) is 46.3 Å². The summed E-state index contributed by atoms with van der Waals surface area (Å²) in [6, 6.07) is 3.80. The minimum atomic E-state index is 0.0246. The number of rotatable bonds is 16. The second-order valence-electron chi connectivity index (χ2n) is 16.5. The molecule has 4 nitrogen and oxygen atoms in total. The van der Waals surface area contributed by atoms with Crippen molar-refractivity contribution in [2.75, 3.05) is 6.61 Å². The molecular formula is C41H65NO3. The molecule has 0 radical (unpaired) electrons. The van der Waals surface area contributed by atoms with Crippen LogP contribution in [-0.4, -0.2) is 23.7 Å². The summed E-state index contributed by atoms with van der Waals surface area (Å²) in [5, 5.41) is 0. The van der Waals surface area contributed by atoms with Crippen molar-refractivity contribution in [1.82, 2.24) is 4.98 Å². The molecule has 3 fully saturated rings. The van der Waals surface area contributed by atoms with Crippen LogP contribution in [0.25, 0.3) is 0 Å². The SMILES string of the molecule is CC(C)CCC[C@@H](C)[C@H]1CC[C@H]2[C@@H]3CC=C4CC(OC(=O)CCCCCCCCOc5ccncc5)CC[C@]4(C)[C@H]3CC[C@]12C. The summed E-state index contributed by atoms with van der Waals surface area (Å²) >= 11 is 0. The van der Waals surface area contributed by atoms with Crippen molar-refractivity contribution in [3.8, 4) is 5.75 Å². The maximum atomic E-state index is 12.8. The lowest BCUT2D eigenvalue weighted by Gasteiger charge is -2.58. The number of hydrogen-bond acceptors (Lipinski definition) is 4. The van der Waals surface area contributed by atoms with Crippen LogP contribution in [0.2, 0.25) is 0 Å². The highest BCUT2D eigenvalue weighted by Gasteiger charge is 2.59. The average molecular weight is 620 g/mol. The number of nitrogens with zero attached hydrogens (tertiary/aromatic N) is 1. The van der Waals surface area contributed by atoms with Gasteiger partial charge in [0.15, 0.2) is 0 Å². The van der Waals surface area contributed by atoms with E-state index in [1.165, 1.54) is 77.0 Å². The highest BCUT2D eigenvalue weighted by atomic mass is 16.5. The Balaban J connectivity index is 1.01. The number of pyridine rings is 1. The molecule has 1 heterocycles. The van der Waals surface area contributed by atoms with Crippen LogP contribution in [0.15, 0.2) is 36.2 Å². The molecule has 1 aromatic rings. The van der Waals surface area contributed by atoms with Crippen molar-refractivity contribution in [2.45, 2.75) is 156 Å². The minimum Gasteiger partial charge on any atom is -0.493 e. The lowest BCUT2D eigenvalue weighted by molar-refractivity contribution is -0.151. The van der Waals surface area contributed by atoms with Gasteiger partial charge in [-0.15, -0.1) is 0 Å². The van der Waals surface area contributed by atoms with E-state index in [0.29, 0.717) is 17.3 Å². The minimum absolute atomic E-state index is 0.0246. The van der Waals surface area contributed by atoms with Crippen LogP contribution in [0.1, 0.15) is 150 Å². The van der Waals surface area contributed by atoms with Gasteiger partial charge in [-0.1, -0.05) is 91.2 Å². The molecule has 3 saturated carbocycles. The van der Waals surface area contributed by atoms with Crippen LogP contribution in [-0.2, 0) is 9.53 Å². The number of unbranched alkanes of at least 4 members (excludes halogenated alkanes) is 5. The number of fused-ring (bicyclic) bond motifs is 5. The quantitative estimate of drug-likeness (QED) is 0.105. The second kappa shape index (κ2) is 15.8. The summed E-state index contributed by atoms with van der Waals surface area (Å²) in [6.07, 6.45) is 27.9. The van der Waals surface area contributed by atoms with Crippen LogP contribution in [0, 0.1) is 46.3 Å². The number of carbonyl (C=O) groups excluding carboxylic acids is 1. The lowest BCUT2D eigenvalue weighted by atomic mass is 9.47. The lowest BCUT2D eigenvalue weighted by Crippen LogP contribution is -2.51. The maximum Gasteiger partial charge on any atom is 0.306 e. The summed E-state index contributed by atoms with van der Waals surface area (Å²) < 4.78 is 11.8. The Labute approximate surface area is 275 Å². The Morgan fingerprint density at radius 1 is 0.889 bits per heavy atom. The highest BCUT2D eigenvalue weighted by Crippen LogP contribution is 2.67. The fourth-order valence-electron chi connectivity index (χ4n) is 10.7. The molecule has 4 aliphatic carbocycles. The largest absolute Gasteiger partial charge is 0.493 e. The molecule has 4 heteroatoms. The van der Waals surface area contributed by atoms with Gasteiger partial charge in [0.25, 0.3) is 0 Å². The van der Waals surface area contributed by atoms with Gasteiger partial charge in [0.2, 0.25) is 0 Å². The third-order valence-corrected chi connectivity index (χ3v) is 13.3. The van der Waals surface area contributed by atoms with E-state index in [-0.39, 0.29) is 12.1 Å².